The summed E-state index contributed by atoms with van der Waals surface area (Å²) in [4.78, 5) is 14.7. The van der Waals surface area contributed by atoms with E-state index < -0.39 is 0 Å². The Balaban J connectivity index is 2.91. The molecule has 0 aliphatic heterocycles. The van der Waals surface area contributed by atoms with Gasteiger partial charge < -0.3 is 0 Å². The molecule has 0 atom stereocenters. The van der Waals surface area contributed by atoms with Gasteiger partial charge in [-0.25, -0.2) is 0 Å². The van der Waals surface area contributed by atoms with Gasteiger partial charge in [0.1, 0.15) is 0 Å². The maximum absolute atomic E-state index is 10.8. The number of non-ortho nitro benzene ring substituents is 1. The first kappa shape index (κ1) is 9.58. The fourth-order valence-corrected chi connectivity index (χ4v) is 1.79. The van der Waals surface area contributed by atoms with Gasteiger partial charge in [0.15, 0.2) is 0 Å². The fourth-order valence-electron chi connectivity index (χ4n) is 1.79. The molecule has 0 unspecified atom stereocenters. The van der Waals surface area contributed by atoms with Crippen LogP contribution in [0.1, 0.15) is 11.3 Å². The molecule has 2 rings (SSSR count). The summed E-state index contributed by atoms with van der Waals surface area (Å²) < 4.78 is 0. The standard InChI is InChI=1S/C11H10N2O2/c1-7-6-8(2)12-9-4-3-5-10(11(7)9)13(14)15/h3-6H,1-2H3. The number of nitro benzene ring substituents is 1. The van der Waals surface area contributed by atoms with E-state index in [4.69, 9.17) is 0 Å². The molecule has 0 saturated carbocycles. The van der Waals surface area contributed by atoms with Gasteiger partial charge in [0.05, 0.1) is 15.8 Å². The lowest BCUT2D eigenvalue weighted by atomic mass is 10.1. The quantitative estimate of drug-likeness (QED) is 0.527. The van der Waals surface area contributed by atoms with Crippen molar-refractivity contribution in [3.63, 3.8) is 0 Å². The second kappa shape index (κ2) is 3.31. The molecule has 0 aliphatic carbocycles. The molecule has 1 aromatic heterocycles. The molecule has 4 nitrogen and oxygen atoms in total. The summed E-state index contributed by atoms with van der Waals surface area (Å²) in [6.45, 7) is 3.75. The molecule has 1 heterocycles. The Morgan fingerprint density at radius 1 is 1.33 bits per heavy atom. The Labute approximate surface area is 86.7 Å². The Morgan fingerprint density at radius 2 is 2.07 bits per heavy atom. The molecule has 15 heavy (non-hydrogen) atoms. The van der Waals surface area contributed by atoms with Crippen molar-refractivity contribution in [2.75, 3.05) is 0 Å². The van der Waals surface area contributed by atoms with E-state index in [1.165, 1.54) is 6.07 Å². The summed E-state index contributed by atoms with van der Waals surface area (Å²) in [7, 11) is 0. The lowest BCUT2D eigenvalue weighted by Gasteiger charge is -2.03. The van der Waals surface area contributed by atoms with Crippen molar-refractivity contribution in [2.24, 2.45) is 0 Å². The zero-order chi connectivity index (χ0) is 11.0. The number of aryl methyl sites for hydroxylation is 2. The van der Waals surface area contributed by atoms with Gasteiger partial charge in [-0.1, -0.05) is 6.07 Å². The number of hydrogen-bond acceptors (Lipinski definition) is 3. The first-order chi connectivity index (χ1) is 7.09. The predicted octanol–water partition coefficient (Wildman–Crippen LogP) is 2.76. The van der Waals surface area contributed by atoms with E-state index in [0.717, 1.165) is 11.3 Å². The molecule has 4 heteroatoms. The lowest BCUT2D eigenvalue weighted by Crippen LogP contribution is -1.94. The average molecular weight is 202 g/mol. The molecule has 76 valence electrons. The number of rotatable bonds is 1. The number of pyridine rings is 1. The molecule has 0 fully saturated rings. The summed E-state index contributed by atoms with van der Waals surface area (Å²) in [6, 6.07) is 6.82. The maximum Gasteiger partial charge on any atom is 0.279 e. The van der Waals surface area contributed by atoms with Crippen molar-refractivity contribution in [2.45, 2.75) is 13.8 Å². The predicted molar refractivity (Wildman–Crippen MR) is 57.9 cm³/mol. The minimum atomic E-state index is -0.369. The van der Waals surface area contributed by atoms with E-state index in [-0.39, 0.29) is 10.6 Å². The fraction of sp³-hybridized carbons (Fsp3) is 0.182. The zero-order valence-electron chi connectivity index (χ0n) is 8.52. The molecular formula is C11H10N2O2. The molecule has 2 aromatic rings. The van der Waals surface area contributed by atoms with Gasteiger partial charge in [-0.3, -0.25) is 15.1 Å². The topological polar surface area (TPSA) is 56.0 Å². The number of nitrogens with zero attached hydrogens (tertiary/aromatic N) is 2. The van der Waals surface area contributed by atoms with Crippen LogP contribution in [0.15, 0.2) is 24.3 Å². The van der Waals surface area contributed by atoms with E-state index in [0.29, 0.717) is 10.9 Å². The summed E-state index contributed by atoms with van der Waals surface area (Å²) in [6.07, 6.45) is 0. The van der Waals surface area contributed by atoms with Gasteiger partial charge >= 0.3 is 0 Å². The third kappa shape index (κ3) is 1.54. The van der Waals surface area contributed by atoms with Crippen molar-refractivity contribution in [3.05, 3.63) is 45.6 Å². The van der Waals surface area contributed by atoms with Crippen molar-refractivity contribution in [1.29, 1.82) is 0 Å². The molecule has 0 spiro atoms. The van der Waals surface area contributed by atoms with Crippen molar-refractivity contribution >= 4 is 16.6 Å². The SMILES string of the molecule is Cc1cc(C)c2c([N+](=O)[O-])cccc2n1. The number of fused-ring (bicyclic) bond motifs is 1. The molecule has 0 amide bonds. The number of benzene rings is 1. The van der Waals surface area contributed by atoms with Crippen LogP contribution in [-0.2, 0) is 0 Å². The second-order valence-electron chi connectivity index (χ2n) is 3.51. The van der Waals surface area contributed by atoms with Crippen LogP contribution in [0.2, 0.25) is 0 Å². The first-order valence-electron chi connectivity index (χ1n) is 4.61. The van der Waals surface area contributed by atoms with Crippen molar-refractivity contribution < 1.29 is 4.92 Å². The monoisotopic (exact) mass is 202 g/mol. The minimum absolute atomic E-state index is 0.123. The molecule has 1 aromatic carbocycles. The summed E-state index contributed by atoms with van der Waals surface area (Å²) in [5.74, 6) is 0. The van der Waals surface area contributed by atoms with Crippen LogP contribution in [-0.4, -0.2) is 9.91 Å². The highest BCUT2D eigenvalue weighted by Crippen LogP contribution is 2.27. The smallest absolute Gasteiger partial charge is 0.258 e. The Morgan fingerprint density at radius 3 is 2.73 bits per heavy atom. The minimum Gasteiger partial charge on any atom is -0.258 e. The van der Waals surface area contributed by atoms with Crippen LogP contribution in [0, 0.1) is 24.0 Å². The van der Waals surface area contributed by atoms with Crippen molar-refractivity contribution in [3.8, 4) is 0 Å². The van der Waals surface area contributed by atoms with Gasteiger partial charge in [-0.05, 0) is 31.5 Å². The van der Waals surface area contributed by atoms with Crippen LogP contribution < -0.4 is 0 Å². The molecule has 0 saturated heterocycles. The summed E-state index contributed by atoms with van der Waals surface area (Å²) in [5.41, 5.74) is 2.57. The zero-order valence-corrected chi connectivity index (χ0v) is 8.52. The number of nitro groups is 1. The molecule has 0 aliphatic rings. The van der Waals surface area contributed by atoms with E-state index in [1.54, 1.807) is 12.1 Å². The van der Waals surface area contributed by atoms with Crippen molar-refractivity contribution in [1.82, 2.24) is 4.98 Å². The third-order valence-corrected chi connectivity index (χ3v) is 2.33. The van der Waals surface area contributed by atoms with E-state index in [9.17, 15) is 10.1 Å². The van der Waals surface area contributed by atoms with Gasteiger partial charge in [-0.2, -0.15) is 0 Å². The largest absolute Gasteiger partial charge is 0.279 e. The Kier molecular flexibility index (Phi) is 2.11. The second-order valence-corrected chi connectivity index (χ2v) is 3.51. The number of aromatic nitrogens is 1. The van der Waals surface area contributed by atoms with E-state index >= 15 is 0 Å². The average Bonchev–Trinajstić information content (AvgIpc) is 2.16. The molecule has 0 N–H and O–H groups in total. The Hall–Kier alpha value is -1.97. The molecule has 0 bridgehead atoms. The summed E-state index contributed by atoms with van der Waals surface area (Å²) in [5, 5.41) is 11.5. The van der Waals surface area contributed by atoms with Crippen LogP contribution >= 0.6 is 0 Å². The van der Waals surface area contributed by atoms with E-state index in [2.05, 4.69) is 4.98 Å². The number of hydrogen-bond donors (Lipinski definition) is 0. The van der Waals surface area contributed by atoms with Gasteiger partial charge in [0.25, 0.3) is 5.69 Å². The highest BCUT2D eigenvalue weighted by Gasteiger charge is 2.13. The van der Waals surface area contributed by atoms with Gasteiger partial charge in [0, 0.05) is 11.8 Å². The third-order valence-electron chi connectivity index (χ3n) is 2.33. The van der Waals surface area contributed by atoms with Crippen LogP contribution in [0.4, 0.5) is 5.69 Å². The Bertz CT molecular complexity index is 550. The molecular weight excluding hydrogens is 192 g/mol. The van der Waals surface area contributed by atoms with Crippen LogP contribution in [0.5, 0.6) is 0 Å². The first-order valence-corrected chi connectivity index (χ1v) is 4.61. The van der Waals surface area contributed by atoms with Crippen LogP contribution in [0.25, 0.3) is 10.9 Å². The van der Waals surface area contributed by atoms with E-state index in [1.807, 2.05) is 19.9 Å². The normalized spacial score (nSPS) is 10.5. The highest BCUT2D eigenvalue weighted by atomic mass is 16.6. The van der Waals surface area contributed by atoms with Gasteiger partial charge in [-0.15, -0.1) is 0 Å². The maximum atomic E-state index is 10.8. The molecule has 0 radical (unpaired) electrons. The summed E-state index contributed by atoms with van der Waals surface area (Å²) >= 11 is 0. The highest BCUT2D eigenvalue weighted by molar-refractivity contribution is 5.90. The van der Waals surface area contributed by atoms with Crippen LogP contribution in [0.3, 0.4) is 0 Å². The lowest BCUT2D eigenvalue weighted by molar-refractivity contribution is -0.383. The van der Waals surface area contributed by atoms with Gasteiger partial charge in [0.2, 0.25) is 0 Å².